The van der Waals surface area contributed by atoms with Crippen molar-refractivity contribution in [3.05, 3.63) is 54.4 Å². The van der Waals surface area contributed by atoms with E-state index in [4.69, 9.17) is 13.3 Å². The molecule has 2 amide bonds. The van der Waals surface area contributed by atoms with Crippen molar-refractivity contribution in [2.24, 2.45) is 5.92 Å². The van der Waals surface area contributed by atoms with E-state index in [1.165, 1.54) is 37.6 Å². The molecule has 1 aliphatic rings. The Bertz CT molecular complexity index is 1600. The first-order valence-corrected chi connectivity index (χ1v) is 13.8. The van der Waals surface area contributed by atoms with Gasteiger partial charge in [-0.1, -0.05) is 19.9 Å². The average Bonchev–Trinajstić information content (AvgIpc) is 3.34. The van der Waals surface area contributed by atoms with Gasteiger partial charge in [0.25, 0.3) is 15.9 Å². The van der Waals surface area contributed by atoms with Gasteiger partial charge in [0.2, 0.25) is 5.91 Å². The predicted octanol–water partition coefficient (Wildman–Crippen LogP) is 2.52. The van der Waals surface area contributed by atoms with Crippen LogP contribution < -0.4 is 15.4 Å². The lowest BCUT2D eigenvalue weighted by Crippen LogP contribution is -2.52. The fourth-order valence-corrected chi connectivity index (χ4v) is 5.33. The number of sulfonamides is 1. The lowest BCUT2D eigenvalue weighted by atomic mass is 10.0. The van der Waals surface area contributed by atoms with Gasteiger partial charge in [0.05, 0.1) is 23.7 Å². The van der Waals surface area contributed by atoms with Gasteiger partial charge in [-0.05, 0) is 61.6 Å². The molecule has 0 spiro atoms. The van der Waals surface area contributed by atoms with Crippen LogP contribution in [-0.4, -0.2) is 67.5 Å². The molecule has 1 aliphatic heterocycles. The predicted molar refractivity (Wildman–Crippen MR) is 143 cm³/mol. The number of hydrogen-bond acceptors (Lipinski definition) is 8. The van der Waals surface area contributed by atoms with Gasteiger partial charge in [-0.3, -0.25) is 14.4 Å². The number of ketones is 1. The van der Waals surface area contributed by atoms with Gasteiger partial charge in [0, 0.05) is 18.1 Å². The maximum Gasteiger partial charge on any atom is 0.287 e. The minimum absolute atomic E-state index is 0.0716. The molecule has 1 aromatic carbocycles. The van der Waals surface area contributed by atoms with Crippen LogP contribution in [0.5, 0.6) is 5.75 Å². The Morgan fingerprint density at radius 2 is 2.08 bits per heavy atom. The second-order valence-corrected chi connectivity index (χ2v) is 11.2. The molecule has 0 radical (unpaired) electrons. The normalized spacial score (nSPS) is 21.8. The number of rotatable bonds is 9. The quantitative estimate of drug-likeness (QED) is 0.406. The highest BCUT2D eigenvalue weighted by molar-refractivity contribution is 7.89. The fourth-order valence-electron chi connectivity index (χ4n) is 4.09. The number of methoxy groups -OCH3 is 1. The van der Waals surface area contributed by atoms with Gasteiger partial charge in [0.15, 0.2) is 16.6 Å². The zero-order valence-electron chi connectivity index (χ0n) is 24.8. The van der Waals surface area contributed by atoms with Crippen molar-refractivity contribution in [2.45, 2.75) is 50.2 Å². The summed E-state index contributed by atoms with van der Waals surface area (Å²) in [6.07, 6.45) is 0.884. The van der Waals surface area contributed by atoms with E-state index in [0.29, 0.717) is 21.0 Å². The number of pyridine rings is 1. The number of benzene rings is 1. The minimum atomic E-state index is -4.54. The van der Waals surface area contributed by atoms with Gasteiger partial charge in [0.1, 0.15) is 17.4 Å². The van der Waals surface area contributed by atoms with Crippen molar-refractivity contribution in [2.75, 3.05) is 20.2 Å². The minimum Gasteiger partial charge on any atom is -0.497 e. The van der Waals surface area contributed by atoms with Crippen molar-refractivity contribution in [1.82, 2.24) is 19.9 Å². The number of carbonyl (C=O) groups is 3. The first kappa shape index (κ1) is 24.3. The molecular formula is C27H32N4O7S. The van der Waals surface area contributed by atoms with E-state index in [1.54, 1.807) is 18.2 Å². The Morgan fingerprint density at radius 3 is 2.77 bits per heavy atom. The van der Waals surface area contributed by atoms with Crippen molar-refractivity contribution < 1.29 is 36.1 Å². The van der Waals surface area contributed by atoms with Crippen molar-refractivity contribution in [3.8, 4) is 5.75 Å². The molecule has 1 fully saturated rings. The number of nitrogens with one attached hydrogen (secondary N) is 2. The van der Waals surface area contributed by atoms with Crippen LogP contribution in [0.2, 0.25) is 0 Å². The third kappa shape index (κ3) is 6.63. The summed E-state index contributed by atoms with van der Waals surface area (Å²) in [5, 5.41) is 5.03. The first-order chi connectivity index (χ1) is 19.7. The van der Waals surface area contributed by atoms with E-state index >= 15 is 0 Å². The van der Waals surface area contributed by atoms with Crippen LogP contribution >= 0.6 is 0 Å². The molecule has 3 heterocycles. The third-order valence-corrected chi connectivity index (χ3v) is 7.65. The number of fused-ring (bicyclic) bond motifs is 1. The Kier molecular flexibility index (Phi) is 7.44. The lowest BCUT2D eigenvalue weighted by molar-refractivity contribution is -0.129. The SMILES string of the molecule is [2H]C1(NC(=O)[C@H](CC(C)C)NC(=O)c2cc3cc(OC)ccc3o2)CCCN(S(=O)(=O)c2ccccn2)C([2H])([2H])C1=O. The number of carbonyl (C=O) groups excluding carboxylic acids is 3. The fraction of sp³-hybridized carbons (Fsp3) is 0.407. The highest BCUT2D eigenvalue weighted by Gasteiger charge is 2.35. The standard InChI is InChI=1S/C27H32N4O7S/c1-17(2)13-21(30-27(34)24-15-18-14-19(37-3)9-10-23(18)38-24)26(33)29-20-7-6-12-31(16-22(20)32)39(35,36)25-8-4-5-11-28-25/h4-5,8-11,14-15,17,20-21H,6-7,12-13,16H2,1-3H3,(H,29,33)(H,30,34)/t20?,21-/m0/s1/i16D2,20D. The summed E-state index contributed by atoms with van der Waals surface area (Å²) in [7, 11) is -3.04. The maximum absolute atomic E-state index is 13.4. The molecule has 2 atom stereocenters. The van der Waals surface area contributed by atoms with Crippen molar-refractivity contribution in [1.29, 1.82) is 0 Å². The summed E-state index contributed by atoms with van der Waals surface area (Å²) < 4.78 is 63.2. The molecule has 1 saturated heterocycles. The molecule has 11 nitrogen and oxygen atoms in total. The number of furan rings is 1. The summed E-state index contributed by atoms with van der Waals surface area (Å²) in [6, 6.07) is 6.83. The highest BCUT2D eigenvalue weighted by atomic mass is 32.2. The number of amides is 2. The maximum atomic E-state index is 13.4. The molecular weight excluding hydrogens is 524 g/mol. The summed E-state index contributed by atoms with van der Waals surface area (Å²) in [5.74, 6) is -2.67. The summed E-state index contributed by atoms with van der Waals surface area (Å²) in [6.45, 7) is 0.0312. The van der Waals surface area contributed by atoms with E-state index < -0.39 is 57.7 Å². The molecule has 2 N–H and O–H groups in total. The second kappa shape index (κ2) is 12.0. The molecule has 3 aromatic rings. The Hall–Kier alpha value is -3.77. The van der Waals surface area contributed by atoms with Crippen molar-refractivity contribution >= 4 is 38.6 Å². The molecule has 12 heteroatoms. The monoisotopic (exact) mass is 559 g/mol. The van der Waals surface area contributed by atoms with Crippen LogP contribution in [0.3, 0.4) is 0 Å². The van der Waals surface area contributed by atoms with E-state index in [1.807, 2.05) is 13.8 Å². The molecule has 0 aliphatic carbocycles. The van der Waals surface area contributed by atoms with Crippen LogP contribution in [0, 0.1) is 5.92 Å². The Balaban J connectivity index is 1.56. The van der Waals surface area contributed by atoms with Crippen LogP contribution in [0.25, 0.3) is 11.0 Å². The number of hydrogen-bond donors (Lipinski definition) is 2. The largest absolute Gasteiger partial charge is 0.497 e. The third-order valence-electron chi connectivity index (χ3n) is 6.03. The molecule has 0 saturated carbocycles. The van der Waals surface area contributed by atoms with Crippen LogP contribution in [-0.2, 0) is 19.6 Å². The van der Waals surface area contributed by atoms with Crippen LogP contribution in [0.1, 0.15) is 47.8 Å². The van der Waals surface area contributed by atoms with Gasteiger partial charge in [-0.25, -0.2) is 13.4 Å². The van der Waals surface area contributed by atoms with E-state index in [9.17, 15) is 22.8 Å². The smallest absolute Gasteiger partial charge is 0.287 e. The zero-order valence-corrected chi connectivity index (χ0v) is 22.6. The molecule has 4 rings (SSSR count). The Labute approximate surface area is 231 Å². The number of aromatic nitrogens is 1. The molecule has 1 unspecified atom stereocenters. The van der Waals surface area contributed by atoms with Gasteiger partial charge in [-0.2, -0.15) is 4.31 Å². The molecule has 0 bridgehead atoms. The second-order valence-electron chi connectivity index (χ2n) is 9.43. The highest BCUT2D eigenvalue weighted by Crippen LogP contribution is 2.24. The lowest BCUT2D eigenvalue weighted by Gasteiger charge is -2.23. The van der Waals surface area contributed by atoms with Gasteiger partial charge >= 0.3 is 0 Å². The number of ether oxygens (including phenoxy) is 1. The summed E-state index contributed by atoms with van der Waals surface area (Å²) in [5.41, 5.74) is 0.424. The zero-order chi connectivity index (χ0) is 30.9. The molecule has 208 valence electrons. The summed E-state index contributed by atoms with van der Waals surface area (Å²) in [4.78, 5) is 43.7. The first-order valence-electron chi connectivity index (χ1n) is 13.9. The number of Topliss-reactive ketones (excluding diaryl/α,β-unsaturated/α-hetero) is 1. The van der Waals surface area contributed by atoms with Gasteiger partial charge < -0.3 is 19.8 Å². The topological polar surface area (TPSA) is 148 Å². The number of nitrogens with zero attached hydrogens (tertiary/aromatic N) is 2. The van der Waals surface area contributed by atoms with E-state index in [0.717, 1.165) is 0 Å². The van der Waals surface area contributed by atoms with E-state index in [-0.39, 0.29) is 30.9 Å². The van der Waals surface area contributed by atoms with Gasteiger partial charge in [-0.15, -0.1) is 0 Å². The Morgan fingerprint density at radius 1 is 1.28 bits per heavy atom. The van der Waals surface area contributed by atoms with Crippen LogP contribution in [0.15, 0.2) is 58.1 Å². The molecule has 39 heavy (non-hydrogen) atoms. The molecule has 2 aromatic heterocycles. The van der Waals surface area contributed by atoms with E-state index in [2.05, 4.69) is 15.6 Å². The summed E-state index contributed by atoms with van der Waals surface area (Å²) >= 11 is 0. The average molecular weight is 560 g/mol. The van der Waals surface area contributed by atoms with Crippen molar-refractivity contribution in [3.63, 3.8) is 0 Å². The van der Waals surface area contributed by atoms with Crippen LogP contribution in [0.4, 0.5) is 0 Å².